The van der Waals surface area contributed by atoms with Gasteiger partial charge < -0.3 is 15.5 Å². The second kappa shape index (κ2) is 7.21. The highest BCUT2D eigenvalue weighted by atomic mass is 35.5. The number of imidazole rings is 1. The minimum absolute atomic E-state index is 0.366. The standard InChI is InChI=1S/C22H16ClN3O2/c1-13(15-6-8-17(23)9-7-15)14-2-4-16(5-3-14)21-25-19-11-10-18(28-22(24)27)12-20(19)26-21/h2-12H,1H2,(H2,24,27)(H,25,26). The summed E-state index contributed by atoms with van der Waals surface area (Å²) in [5.41, 5.74) is 10.4. The highest BCUT2D eigenvalue weighted by Crippen LogP contribution is 2.27. The molecule has 0 radical (unpaired) electrons. The predicted octanol–water partition coefficient (Wildman–Crippen LogP) is 5.40. The van der Waals surface area contributed by atoms with Gasteiger partial charge in [0.25, 0.3) is 0 Å². The van der Waals surface area contributed by atoms with Crippen molar-refractivity contribution in [1.29, 1.82) is 0 Å². The smallest absolute Gasteiger partial charge is 0.409 e. The average molecular weight is 390 g/mol. The molecule has 3 N–H and O–H groups in total. The van der Waals surface area contributed by atoms with Crippen molar-refractivity contribution < 1.29 is 9.53 Å². The van der Waals surface area contributed by atoms with Crippen LogP contribution in [0.2, 0.25) is 5.02 Å². The van der Waals surface area contributed by atoms with Crippen molar-refractivity contribution in [2.24, 2.45) is 5.73 Å². The summed E-state index contributed by atoms with van der Waals surface area (Å²) in [5, 5.41) is 0.696. The number of ether oxygens (including phenoxy) is 1. The Labute approximate surface area is 166 Å². The van der Waals surface area contributed by atoms with Gasteiger partial charge in [-0.15, -0.1) is 0 Å². The molecule has 3 aromatic carbocycles. The number of nitrogens with zero attached hydrogens (tertiary/aromatic N) is 1. The highest BCUT2D eigenvalue weighted by molar-refractivity contribution is 6.30. The molecule has 1 amide bonds. The molecule has 5 nitrogen and oxygen atoms in total. The molecule has 1 heterocycles. The lowest BCUT2D eigenvalue weighted by molar-refractivity contribution is 0.211. The number of hydrogen-bond acceptors (Lipinski definition) is 3. The van der Waals surface area contributed by atoms with Gasteiger partial charge in [-0.05, 0) is 41.0 Å². The van der Waals surface area contributed by atoms with Crippen LogP contribution in [0.15, 0.2) is 73.3 Å². The SMILES string of the molecule is C=C(c1ccc(Cl)cc1)c1ccc(-c2nc3ccc(OC(N)=O)cc3[nH]2)cc1. The summed E-state index contributed by atoms with van der Waals surface area (Å²) in [4.78, 5) is 18.7. The predicted molar refractivity (Wildman–Crippen MR) is 111 cm³/mol. The second-order valence-corrected chi connectivity index (χ2v) is 6.68. The maximum atomic E-state index is 10.9. The van der Waals surface area contributed by atoms with Gasteiger partial charge in [0, 0.05) is 16.7 Å². The van der Waals surface area contributed by atoms with E-state index in [1.54, 1.807) is 18.2 Å². The topological polar surface area (TPSA) is 81.0 Å². The zero-order valence-corrected chi connectivity index (χ0v) is 15.5. The van der Waals surface area contributed by atoms with Gasteiger partial charge in [0.2, 0.25) is 0 Å². The van der Waals surface area contributed by atoms with Crippen LogP contribution in [0.5, 0.6) is 5.75 Å². The first-order valence-electron chi connectivity index (χ1n) is 8.52. The molecule has 0 unspecified atom stereocenters. The van der Waals surface area contributed by atoms with Gasteiger partial charge in [0.15, 0.2) is 0 Å². The maximum absolute atomic E-state index is 10.9. The Bertz CT molecular complexity index is 1180. The first-order chi connectivity index (χ1) is 13.5. The molecule has 0 spiro atoms. The lowest BCUT2D eigenvalue weighted by atomic mass is 9.98. The first kappa shape index (κ1) is 17.8. The number of nitrogens with two attached hydrogens (primary N) is 1. The molecule has 6 heteroatoms. The van der Waals surface area contributed by atoms with E-state index in [0.29, 0.717) is 10.8 Å². The summed E-state index contributed by atoms with van der Waals surface area (Å²) in [6, 6.07) is 20.7. The molecule has 0 saturated heterocycles. The molecule has 0 atom stereocenters. The van der Waals surface area contributed by atoms with Crippen molar-refractivity contribution in [3.8, 4) is 17.1 Å². The highest BCUT2D eigenvalue weighted by Gasteiger charge is 2.09. The number of aromatic amines is 1. The van der Waals surface area contributed by atoms with Gasteiger partial charge in [-0.25, -0.2) is 9.78 Å². The molecule has 0 bridgehead atoms. The Hall–Kier alpha value is -3.57. The molecule has 4 aromatic rings. The van der Waals surface area contributed by atoms with Gasteiger partial charge in [-0.3, -0.25) is 0 Å². The van der Waals surface area contributed by atoms with Gasteiger partial charge in [-0.1, -0.05) is 54.6 Å². The van der Waals surface area contributed by atoms with Crippen LogP contribution in [0.4, 0.5) is 4.79 Å². The van der Waals surface area contributed by atoms with E-state index in [0.717, 1.165) is 39.1 Å². The van der Waals surface area contributed by atoms with Crippen LogP contribution < -0.4 is 10.5 Å². The molecule has 0 aliphatic heterocycles. The van der Waals surface area contributed by atoms with Crippen molar-refractivity contribution in [2.45, 2.75) is 0 Å². The van der Waals surface area contributed by atoms with E-state index in [1.807, 2.05) is 48.5 Å². The Kier molecular flexibility index (Phi) is 4.59. The average Bonchev–Trinajstić information content (AvgIpc) is 3.11. The third kappa shape index (κ3) is 3.61. The summed E-state index contributed by atoms with van der Waals surface area (Å²) in [5.74, 6) is 1.08. The lowest BCUT2D eigenvalue weighted by Gasteiger charge is -2.07. The van der Waals surface area contributed by atoms with Crippen molar-refractivity contribution in [2.75, 3.05) is 0 Å². The van der Waals surface area contributed by atoms with Gasteiger partial charge >= 0.3 is 6.09 Å². The number of carbonyl (C=O) groups excluding carboxylic acids is 1. The zero-order valence-electron chi connectivity index (χ0n) is 14.8. The summed E-state index contributed by atoms with van der Waals surface area (Å²) < 4.78 is 4.90. The minimum atomic E-state index is -0.851. The van der Waals surface area contributed by atoms with Crippen molar-refractivity contribution >= 4 is 34.3 Å². The van der Waals surface area contributed by atoms with E-state index >= 15 is 0 Å². The van der Waals surface area contributed by atoms with Crippen molar-refractivity contribution in [3.63, 3.8) is 0 Å². The third-order valence-electron chi connectivity index (χ3n) is 4.37. The van der Waals surface area contributed by atoms with E-state index in [4.69, 9.17) is 22.1 Å². The van der Waals surface area contributed by atoms with E-state index < -0.39 is 6.09 Å². The molecule has 0 fully saturated rings. The number of benzene rings is 3. The van der Waals surface area contributed by atoms with Crippen LogP contribution in [-0.2, 0) is 0 Å². The number of primary amides is 1. The number of halogens is 1. The Morgan fingerprint density at radius 1 is 1.00 bits per heavy atom. The maximum Gasteiger partial charge on any atom is 0.409 e. The summed E-state index contributed by atoms with van der Waals surface area (Å²) in [6.07, 6.45) is -0.851. The number of nitrogens with one attached hydrogen (secondary N) is 1. The van der Waals surface area contributed by atoms with Crippen molar-refractivity contribution in [3.05, 3.63) is 89.5 Å². The number of rotatable bonds is 4. The molecule has 0 aliphatic rings. The van der Waals surface area contributed by atoms with E-state index in [2.05, 4.69) is 16.5 Å². The Morgan fingerprint density at radius 3 is 2.29 bits per heavy atom. The molecule has 28 heavy (non-hydrogen) atoms. The molecule has 0 saturated carbocycles. The summed E-state index contributed by atoms with van der Waals surface area (Å²) in [7, 11) is 0. The number of H-pyrrole nitrogens is 1. The van der Waals surface area contributed by atoms with Gasteiger partial charge in [0.05, 0.1) is 11.0 Å². The van der Waals surface area contributed by atoms with Crippen molar-refractivity contribution in [1.82, 2.24) is 9.97 Å². The van der Waals surface area contributed by atoms with Gasteiger partial charge in [-0.2, -0.15) is 0 Å². The molecule has 1 aromatic heterocycles. The first-order valence-corrected chi connectivity index (χ1v) is 8.90. The fourth-order valence-corrected chi connectivity index (χ4v) is 3.08. The van der Waals surface area contributed by atoms with E-state index in [-0.39, 0.29) is 0 Å². The fraction of sp³-hybridized carbons (Fsp3) is 0. The number of hydrogen-bond donors (Lipinski definition) is 2. The van der Waals surface area contributed by atoms with Crippen LogP contribution >= 0.6 is 11.6 Å². The number of carbonyl (C=O) groups is 1. The monoisotopic (exact) mass is 389 g/mol. The van der Waals surface area contributed by atoms with Crippen LogP contribution in [-0.4, -0.2) is 16.1 Å². The Morgan fingerprint density at radius 2 is 1.64 bits per heavy atom. The third-order valence-corrected chi connectivity index (χ3v) is 4.62. The molecule has 4 rings (SSSR count). The van der Waals surface area contributed by atoms with Gasteiger partial charge in [0.1, 0.15) is 11.6 Å². The summed E-state index contributed by atoms with van der Waals surface area (Å²) in [6.45, 7) is 4.18. The molecule has 0 aliphatic carbocycles. The molecule has 138 valence electrons. The minimum Gasteiger partial charge on any atom is -0.410 e. The number of aromatic nitrogens is 2. The lowest BCUT2D eigenvalue weighted by Crippen LogP contribution is -2.16. The van der Waals surface area contributed by atoms with Crippen LogP contribution in [0.3, 0.4) is 0 Å². The number of amides is 1. The Balaban J connectivity index is 1.60. The zero-order chi connectivity index (χ0) is 19.7. The largest absolute Gasteiger partial charge is 0.410 e. The normalized spacial score (nSPS) is 10.8. The molecular formula is C22H16ClN3O2. The summed E-state index contributed by atoms with van der Waals surface area (Å²) >= 11 is 5.95. The fourth-order valence-electron chi connectivity index (χ4n) is 2.95. The molecular weight excluding hydrogens is 374 g/mol. The van der Waals surface area contributed by atoms with Crippen LogP contribution in [0, 0.1) is 0 Å². The van der Waals surface area contributed by atoms with E-state index in [1.165, 1.54) is 0 Å². The quantitative estimate of drug-likeness (QED) is 0.490. The van der Waals surface area contributed by atoms with Crippen LogP contribution in [0.1, 0.15) is 11.1 Å². The van der Waals surface area contributed by atoms with E-state index in [9.17, 15) is 4.79 Å². The van der Waals surface area contributed by atoms with Crippen LogP contribution in [0.25, 0.3) is 28.0 Å². The second-order valence-electron chi connectivity index (χ2n) is 6.25. The number of fused-ring (bicyclic) bond motifs is 1.